The lowest BCUT2D eigenvalue weighted by molar-refractivity contribution is 0.140. The molecule has 0 radical (unpaired) electrons. The van der Waals surface area contributed by atoms with Gasteiger partial charge in [-0.3, -0.25) is 0 Å². The van der Waals surface area contributed by atoms with Crippen LogP contribution in [0.15, 0.2) is 60.7 Å². The van der Waals surface area contributed by atoms with Crippen molar-refractivity contribution in [2.24, 2.45) is 23.2 Å². The first-order valence-corrected chi connectivity index (χ1v) is 15.5. The highest BCUT2D eigenvalue weighted by molar-refractivity contribution is 5.23. The Balaban J connectivity index is 1.13. The summed E-state index contributed by atoms with van der Waals surface area (Å²) in [4.78, 5) is 2.82. The summed E-state index contributed by atoms with van der Waals surface area (Å²) in [6.07, 6.45) is 13.5. The van der Waals surface area contributed by atoms with Gasteiger partial charge in [0.05, 0.1) is 0 Å². The Morgan fingerprint density at radius 2 is 1.54 bits per heavy atom. The van der Waals surface area contributed by atoms with Crippen molar-refractivity contribution >= 4 is 0 Å². The van der Waals surface area contributed by atoms with Crippen LogP contribution in [0.4, 0.5) is 0 Å². The molecular formula is C35H52N2. The summed E-state index contributed by atoms with van der Waals surface area (Å²) in [7, 11) is 0. The van der Waals surface area contributed by atoms with Crippen LogP contribution in [0.5, 0.6) is 0 Å². The molecule has 37 heavy (non-hydrogen) atoms. The van der Waals surface area contributed by atoms with Crippen molar-refractivity contribution in [1.82, 2.24) is 10.2 Å². The Morgan fingerprint density at radius 1 is 0.838 bits per heavy atom. The molecule has 2 nitrogen and oxygen atoms in total. The molecule has 5 unspecified atom stereocenters. The summed E-state index contributed by atoms with van der Waals surface area (Å²) in [5.74, 6) is 3.26. The molecule has 3 fully saturated rings. The highest BCUT2D eigenvalue weighted by Gasteiger charge is 2.39. The second-order valence-corrected chi connectivity index (χ2v) is 13.8. The van der Waals surface area contributed by atoms with Gasteiger partial charge in [0.2, 0.25) is 0 Å². The molecule has 5 rings (SSSR count). The van der Waals surface area contributed by atoms with Gasteiger partial charge < -0.3 is 10.2 Å². The van der Waals surface area contributed by atoms with E-state index in [4.69, 9.17) is 0 Å². The monoisotopic (exact) mass is 500 g/mol. The molecule has 2 aromatic carbocycles. The average molecular weight is 501 g/mol. The molecule has 0 spiro atoms. The minimum atomic E-state index is 0.484. The van der Waals surface area contributed by atoms with E-state index < -0.39 is 0 Å². The third kappa shape index (κ3) is 7.70. The number of likely N-dealkylation sites (tertiary alicyclic amines) is 1. The predicted octanol–water partition coefficient (Wildman–Crippen LogP) is 8.09. The second kappa shape index (κ2) is 12.5. The van der Waals surface area contributed by atoms with Crippen LogP contribution in [0.3, 0.4) is 0 Å². The molecule has 1 N–H and O–H groups in total. The SMILES string of the molecule is CC1CC(NC2CC(CN3CCC(CCCc4ccccc4)CC3)C(c3ccccc3)C2)CC(C)(C)C1. The minimum absolute atomic E-state index is 0.484. The normalized spacial score (nSPS) is 30.9. The van der Waals surface area contributed by atoms with Gasteiger partial charge in [-0.25, -0.2) is 0 Å². The van der Waals surface area contributed by atoms with Crippen LogP contribution in [-0.4, -0.2) is 36.6 Å². The molecule has 2 aromatic rings. The maximum atomic E-state index is 4.20. The van der Waals surface area contributed by atoms with E-state index in [2.05, 4.69) is 91.7 Å². The average Bonchev–Trinajstić information content (AvgIpc) is 3.27. The molecule has 202 valence electrons. The fraction of sp³-hybridized carbons (Fsp3) is 0.657. The molecular weight excluding hydrogens is 448 g/mol. The van der Waals surface area contributed by atoms with Gasteiger partial charge >= 0.3 is 0 Å². The Bertz CT molecular complexity index is 930. The molecule has 1 saturated heterocycles. The number of nitrogens with one attached hydrogen (secondary N) is 1. The molecule has 0 bridgehead atoms. The van der Waals surface area contributed by atoms with Crippen molar-refractivity contribution in [3.8, 4) is 0 Å². The summed E-state index contributed by atoms with van der Waals surface area (Å²) in [6, 6.07) is 23.9. The van der Waals surface area contributed by atoms with Crippen LogP contribution in [0, 0.1) is 23.2 Å². The van der Waals surface area contributed by atoms with E-state index in [9.17, 15) is 0 Å². The first kappa shape index (κ1) is 26.9. The summed E-state index contributed by atoms with van der Waals surface area (Å²) >= 11 is 0. The molecule has 2 saturated carbocycles. The van der Waals surface area contributed by atoms with Crippen LogP contribution in [0.25, 0.3) is 0 Å². The van der Waals surface area contributed by atoms with E-state index in [-0.39, 0.29) is 0 Å². The van der Waals surface area contributed by atoms with Gasteiger partial charge in [0.25, 0.3) is 0 Å². The third-order valence-electron chi connectivity index (χ3n) is 9.90. The van der Waals surface area contributed by atoms with E-state index in [1.54, 1.807) is 5.56 Å². The van der Waals surface area contributed by atoms with E-state index >= 15 is 0 Å². The highest BCUT2D eigenvalue weighted by atomic mass is 15.1. The van der Waals surface area contributed by atoms with Crippen LogP contribution in [0.1, 0.15) is 95.6 Å². The molecule has 2 aliphatic carbocycles. The van der Waals surface area contributed by atoms with E-state index in [1.807, 2.05) is 0 Å². The van der Waals surface area contributed by atoms with Crippen molar-refractivity contribution in [2.75, 3.05) is 19.6 Å². The van der Waals surface area contributed by atoms with Crippen LogP contribution < -0.4 is 5.32 Å². The fourth-order valence-electron chi connectivity index (χ4n) is 8.41. The number of benzene rings is 2. The standard InChI is InChI=1S/C35H52N2/c1-27-21-33(25-35(2,3)24-27)36-32-22-31(34(23-32)30-15-8-5-9-16-30)26-37-19-17-29(18-20-37)14-10-13-28-11-6-4-7-12-28/h4-9,11-12,15-16,27,29,31-34,36H,10,13-14,17-26H2,1-3H3. The Labute approximate surface area is 227 Å². The van der Waals surface area contributed by atoms with Gasteiger partial charge in [-0.05, 0) is 111 Å². The maximum Gasteiger partial charge on any atom is 0.00789 e. The largest absolute Gasteiger partial charge is 0.311 e. The lowest BCUT2D eigenvalue weighted by atomic mass is 9.70. The first-order valence-electron chi connectivity index (χ1n) is 15.5. The van der Waals surface area contributed by atoms with Crippen LogP contribution >= 0.6 is 0 Å². The van der Waals surface area contributed by atoms with Gasteiger partial charge in [-0.2, -0.15) is 0 Å². The van der Waals surface area contributed by atoms with E-state index in [0.717, 1.165) is 17.8 Å². The molecule has 0 amide bonds. The van der Waals surface area contributed by atoms with Crippen molar-refractivity contribution in [3.05, 3.63) is 71.8 Å². The Kier molecular flexibility index (Phi) is 9.09. The number of hydrogen-bond donors (Lipinski definition) is 1. The predicted molar refractivity (Wildman–Crippen MR) is 158 cm³/mol. The number of rotatable bonds is 9. The molecule has 3 aliphatic rings. The maximum absolute atomic E-state index is 4.20. The third-order valence-corrected chi connectivity index (χ3v) is 9.90. The van der Waals surface area contributed by atoms with Crippen LogP contribution in [0.2, 0.25) is 0 Å². The number of hydrogen-bond acceptors (Lipinski definition) is 2. The van der Waals surface area contributed by atoms with Gasteiger partial charge in [0.1, 0.15) is 0 Å². The fourth-order valence-corrected chi connectivity index (χ4v) is 8.41. The van der Waals surface area contributed by atoms with E-state index in [0.29, 0.717) is 23.4 Å². The smallest absolute Gasteiger partial charge is 0.00789 e. The molecule has 1 heterocycles. The Morgan fingerprint density at radius 3 is 2.24 bits per heavy atom. The second-order valence-electron chi connectivity index (χ2n) is 13.8. The molecule has 2 heteroatoms. The summed E-state index contributed by atoms with van der Waals surface area (Å²) < 4.78 is 0. The van der Waals surface area contributed by atoms with Gasteiger partial charge in [0, 0.05) is 18.6 Å². The first-order chi connectivity index (χ1) is 17.9. The van der Waals surface area contributed by atoms with Crippen molar-refractivity contribution < 1.29 is 0 Å². The number of nitrogens with zero attached hydrogens (tertiary/aromatic N) is 1. The van der Waals surface area contributed by atoms with Crippen LogP contribution in [-0.2, 0) is 6.42 Å². The zero-order chi connectivity index (χ0) is 25.7. The zero-order valence-electron chi connectivity index (χ0n) is 23.9. The van der Waals surface area contributed by atoms with E-state index in [1.165, 1.54) is 89.4 Å². The lowest BCUT2D eigenvalue weighted by Crippen LogP contribution is -2.44. The highest BCUT2D eigenvalue weighted by Crippen LogP contribution is 2.43. The van der Waals surface area contributed by atoms with Crippen molar-refractivity contribution in [2.45, 2.75) is 103 Å². The quantitative estimate of drug-likeness (QED) is 0.374. The Hall–Kier alpha value is -1.64. The summed E-state index contributed by atoms with van der Waals surface area (Å²) in [6.45, 7) is 11.3. The van der Waals surface area contributed by atoms with Crippen molar-refractivity contribution in [1.29, 1.82) is 0 Å². The number of piperidine rings is 1. The molecule has 5 atom stereocenters. The van der Waals surface area contributed by atoms with Gasteiger partial charge in [-0.15, -0.1) is 0 Å². The minimum Gasteiger partial charge on any atom is -0.311 e. The summed E-state index contributed by atoms with van der Waals surface area (Å²) in [5.41, 5.74) is 3.56. The molecule has 1 aliphatic heterocycles. The molecule has 0 aromatic heterocycles. The number of aryl methyl sites for hydroxylation is 1. The van der Waals surface area contributed by atoms with Gasteiger partial charge in [-0.1, -0.05) is 87.9 Å². The van der Waals surface area contributed by atoms with Crippen molar-refractivity contribution in [3.63, 3.8) is 0 Å². The topological polar surface area (TPSA) is 15.3 Å². The summed E-state index contributed by atoms with van der Waals surface area (Å²) in [5, 5.41) is 4.20. The lowest BCUT2D eigenvalue weighted by Gasteiger charge is -2.40. The van der Waals surface area contributed by atoms with Gasteiger partial charge in [0.15, 0.2) is 0 Å². The zero-order valence-corrected chi connectivity index (χ0v) is 23.9.